The molecule has 0 aliphatic carbocycles. The maximum absolute atomic E-state index is 4.67. The Morgan fingerprint density at radius 3 is 2.95 bits per heavy atom. The Morgan fingerprint density at radius 1 is 1.50 bits per heavy atom. The molecule has 118 valence electrons. The minimum absolute atomic E-state index is 0.256. The second-order valence-electron chi connectivity index (χ2n) is 6.12. The van der Waals surface area contributed by atoms with Crippen molar-refractivity contribution in [3.63, 3.8) is 0 Å². The van der Waals surface area contributed by atoms with Crippen molar-refractivity contribution in [2.75, 3.05) is 6.54 Å². The van der Waals surface area contributed by atoms with E-state index in [9.17, 15) is 0 Å². The fourth-order valence-electron chi connectivity index (χ4n) is 3.16. The van der Waals surface area contributed by atoms with Gasteiger partial charge in [0.2, 0.25) is 5.96 Å². The summed E-state index contributed by atoms with van der Waals surface area (Å²) in [4.78, 5) is 12.9. The van der Waals surface area contributed by atoms with Crippen molar-refractivity contribution in [3.8, 4) is 0 Å². The van der Waals surface area contributed by atoms with Gasteiger partial charge in [-0.05, 0) is 51.1 Å². The highest BCUT2D eigenvalue weighted by Crippen LogP contribution is 2.36. The van der Waals surface area contributed by atoms with Crippen molar-refractivity contribution < 1.29 is 0 Å². The smallest absolute Gasteiger partial charge is 0.219 e. The zero-order valence-electron chi connectivity index (χ0n) is 13.7. The van der Waals surface area contributed by atoms with Crippen LogP contribution in [-0.2, 0) is 0 Å². The summed E-state index contributed by atoms with van der Waals surface area (Å²) in [5.74, 6) is 1.18. The van der Waals surface area contributed by atoms with Crippen LogP contribution in [0.5, 0.6) is 0 Å². The third-order valence-corrected chi connectivity index (χ3v) is 5.23. The first-order chi connectivity index (χ1) is 10.6. The van der Waals surface area contributed by atoms with Gasteiger partial charge in [0, 0.05) is 35.3 Å². The van der Waals surface area contributed by atoms with E-state index in [1.807, 2.05) is 18.3 Å². The lowest BCUT2D eigenvalue weighted by Gasteiger charge is -2.45. The zero-order chi connectivity index (χ0) is 15.7. The van der Waals surface area contributed by atoms with E-state index >= 15 is 0 Å². The summed E-state index contributed by atoms with van der Waals surface area (Å²) >= 11 is 1.81. The molecule has 2 atom stereocenters. The van der Waals surface area contributed by atoms with Gasteiger partial charge in [-0.25, -0.2) is 4.99 Å². The molecular weight excluding hydrogens is 292 g/mol. The molecule has 2 aliphatic rings. The SMILES string of the molecule is CCN=C1N=C(C)C2CC(c3cccs3)=CN(C(C)C)C2N1. The Balaban J connectivity index is 1.97. The standard InChI is InChI=1S/C17H24N4S/c1-5-18-17-19-12(4)14-9-13(15-7-6-8-22-15)10-21(11(2)3)16(14)20-17/h6-8,10-11,14,16H,5,9H2,1-4H3,(H,18,20). The van der Waals surface area contributed by atoms with Crippen molar-refractivity contribution in [2.24, 2.45) is 15.9 Å². The van der Waals surface area contributed by atoms with E-state index < -0.39 is 0 Å². The lowest BCUT2D eigenvalue weighted by molar-refractivity contribution is 0.167. The molecule has 1 aromatic heterocycles. The number of hydrogen-bond acceptors (Lipinski definition) is 3. The maximum atomic E-state index is 4.67. The predicted molar refractivity (Wildman–Crippen MR) is 95.4 cm³/mol. The molecule has 0 spiro atoms. The predicted octanol–water partition coefficient (Wildman–Crippen LogP) is 3.59. The monoisotopic (exact) mass is 316 g/mol. The molecule has 2 unspecified atom stereocenters. The van der Waals surface area contributed by atoms with Gasteiger partial charge in [0.05, 0.1) is 0 Å². The summed E-state index contributed by atoms with van der Waals surface area (Å²) in [6.07, 6.45) is 3.62. The fraction of sp³-hybridized carbons (Fsp3) is 0.529. The molecular formula is C17H24N4S. The second-order valence-corrected chi connectivity index (χ2v) is 7.07. The first kappa shape index (κ1) is 15.3. The molecule has 1 aromatic rings. The molecule has 5 heteroatoms. The zero-order valence-corrected chi connectivity index (χ0v) is 14.5. The molecule has 0 bridgehead atoms. The number of aliphatic imine (C=N–C) groups is 2. The highest BCUT2D eigenvalue weighted by atomic mass is 32.1. The van der Waals surface area contributed by atoms with Gasteiger partial charge in [0.25, 0.3) is 0 Å². The van der Waals surface area contributed by atoms with E-state index in [-0.39, 0.29) is 6.17 Å². The van der Waals surface area contributed by atoms with Crippen LogP contribution in [0.15, 0.2) is 33.7 Å². The van der Waals surface area contributed by atoms with Crippen molar-refractivity contribution in [1.29, 1.82) is 0 Å². The molecule has 0 radical (unpaired) electrons. The Labute approximate surface area is 136 Å². The van der Waals surface area contributed by atoms with Gasteiger partial charge < -0.3 is 10.2 Å². The molecule has 1 N–H and O–H groups in total. The van der Waals surface area contributed by atoms with Crippen LogP contribution in [0.3, 0.4) is 0 Å². The van der Waals surface area contributed by atoms with Gasteiger partial charge >= 0.3 is 0 Å². The van der Waals surface area contributed by atoms with Crippen molar-refractivity contribution >= 4 is 28.6 Å². The lowest BCUT2D eigenvalue weighted by Crippen LogP contribution is -2.58. The van der Waals surface area contributed by atoms with Crippen LogP contribution in [0.2, 0.25) is 0 Å². The van der Waals surface area contributed by atoms with Crippen LogP contribution in [0.25, 0.3) is 5.57 Å². The summed E-state index contributed by atoms with van der Waals surface area (Å²) in [6, 6.07) is 4.77. The summed E-state index contributed by atoms with van der Waals surface area (Å²) in [5, 5.41) is 5.68. The van der Waals surface area contributed by atoms with E-state index in [1.54, 1.807) is 0 Å². The van der Waals surface area contributed by atoms with E-state index in [0.29, 0.717) is 12.0 Å². The number of rotatable bonds is 3. The van der Waals surface area contributed by atoms with Crippen LogP contribution in [-0.4, -0.2) is 35.3 Å². The van der Waals surface area contributed by atoms with Crippen molar-refractivity contribution in [3.05, 3.63) is 28.6 Å². The average Bonchev–Trinajstić information content (AvgIpc) is 3.01. The molecule has 0 saturated heterocycles. The van der Waals surface area contributed by atoms with Crippen LogP contribution >= 0.6 is 11.3 Å². The van der Waals surface area contributed by atoms with Crippen molar-refractivity contribution in [1.82, 2.24) is 10.2 Å². The molecule has 3 heterocycles. The van der Waals surface area contributed by atoms with Gasteiger partial charge in [0.1, 0.15) is 6.17 Å². The number of hydrogen-bond donors (Lipinski definition) is 1. The molecule has 2 aliphatic heterocycles. The number of nitrogens with zero attached hydrogens (tertiary/aromatic N) is 3. The first-order valence-electron chi connectivity index (χ1n) is 7.98. The van der Waals surface area contributed by atoms with Crippen LogP contribution in [0.1, 0.15) is 39.0 Å². The third-order valence-electron chi connectivity index (χ3n) is 4.28. The molecule has 0 fully saturated rings. The summed E-state index contributed by atoms with van der Waals surface area (Å²) in [7, 11) is 0. The molecule has 22 heavy (non-hydrogen) atoms. The van der Waals surface area contributed by atoms with E-state index in [1.165, 1.54) is 16.2 Å². The van der Waals surface area contributed by atoms with E-state index in [0.717, 1.165) is 18.9 Å². The second kappa shape index (κ2) is 6.24. The number of thiophene rings is 1. The fourth-order valence-corrected chi connectivity index (χ4v) is 3.91. The Bertz CT molecular complexity index is 613. The van der Waals surface area contributed by atoms with Gasteiger partial charge in [0.15, 0.2) is 0 Å². The third kappa shape index (κ3) is 2.82. The van der Waals surface area contributed by atoms with E-state index in [4.69, 9.17) is 0 Å². The number of allylic oxidation sites excluding steroid dienone is 1. The van der Waals surface area contributed by atoms with Crippen LogP contribution in [0.4, 0.5) is 0 Å². The molecule has 0 amide bonds. The minimum atomic E-state index is 0.256. The van der Waals surface area contributed by atoms with Gasteiger partial charge in [-0.15, -0.1) is 11.3 Å². The van der Waals surface area contributed by atoms with Crippen LogP contribution < -0.4 is 5.32 Å². The Hall–Kier alpha value is -1.62. The summed E-state index contributed by atoms with van der Waals surface area (Å²) < 4.78 is 0. The Kier molecular flexibility index (Phi) is 4.34. The molecule has 0 saturated carbocycles. The maximum Gasteiger partial charge on any atom is 0.219 e. The highest BCUT2D eigenvalue weighted by molar-refractivity contribution is 7.11. The molecule has 0 aromatic carbocycles. The average molecular weight is 316 g/mol. The van der Waals surface area contributed by atoms with Gasteiger partial charge in [-0.1, -0.05) is 6.07 Å². The quantitative estimate of drug-likeness (QED) is 0.926. The molecule has 4 nitrogen and oxygen atoms in total. The first-order valence-corrected chi connectivity index (χ1v) is 8.86. The summed E-state index contributed by atoms with van der Waals surface area (Å²) in [5.41, 5.74) is 2.60. The topological polar surface area (TPSA) is 40.0 Å². The highest BCUT2D eigenvalue weighted by Gasteiger charge is 2.37. The van der Waals surface area contributed by atoms with Gasteiger partial charge in [-0.2, -0.15) is 0 Å². The summed E-state index contributed by atoms with van der Waals surface area (Å²) in [6.45, 7) is 9.42. The van der Waals surface area contributed by atoms with Crippen LogP contribution in [0, 0.1) is 5.92 Å². The largest absolute Gasteiger partial charge is 0.354 e. The van der Waals surface area contributed by atoms with Gasteiger partial charge in [-0.3, -0.25) is 4.99 Å². The lowest BCUT2D eigenvalue weighted by atomic mass is 9.86. The van der Waals surface area contributed by atoms with E-state index in [2.05, 4.69) is 64.7 Å². The number of nitrogens with one attached hydrogen (secondary N) is 1. The Morgan fingerprint density at radius 2 is 2.32 bits per heavy atom. The number of fused-ring (bicyclic) bond motifs is 1. The molecule has 3 rings (SSSR count). The number of guanidine groups is 1. The minimum Gasteiger partial charge on any atom is -0.354 e. The normalized spacial score (nSPS) is 26.6. The van der Waals surface area contributed by atoms with Crippen molar-refractivity contribution in [2.45, 2.75) is 46.3 Å².